The predicted molar refractivity (Wildman–Crippen MR) is 122 cm³/mol. The van der Waals surface area contributed by atoms with Gasteiger partial charge in [-0.3, -0.25) is 0 Å². The number of imidazole rings is 1. The van der Waals surface area contributed by atoms with Gasteiger partial charge in [-0.25, -0.2) is 32.6 Å². The molecular formula is C22H32F3N7. The van der Waals surface area contributed by atoms with E-state index < -0.39 is 6.43 Å². The molecule has 3 aromatic rings. The average Bonchev–Trinajstić information content (AvgIpc) is 3.34. The lowest BCUT2D eigenvalue weighted by molar-refractivity contribution is 0.149. The largest absolute Gasteiger partial charge is 0.331 e. The van der Waals surface area contributed by atoms with Gasteiger partial charge < -0.3 is 9.98 Å². The number of allylic oxidation sites excluding steroid dienone is 3. The summed E-state index contributed by atoms with van der Waals surface area (Å²) in [5.41, 5.74) is 1.42. The van der Waals surface area contributed by atoms with Crippen LogP contribution < -0.4 is 0 Å². The molecule has 32 heavy (non-hydrogen) atoms. The van der Waals surface area contributed by atoms with Crippen molar-refractivity contribution in [1.82, 2.24) is 29.1 Å². The second-order valence-electron chi connectivity index (χ2n) is 6.41. The summed E-state index contributed by atoms with van der Waals surface area (Å²) in [4.78, 5) is 12.4. The van der Waals surface area contributed by atoms with Crippen molar-refractivity contribution in [1.29, 1.82) is 5.41 Å². The minimum absolute atomic E-state index is 0.204. The average molecular weight is 452 g/mol. The Morgan fingerprint density at radius 1 is 1.28 bits per heavy atom. The van der Waals surface area contributed by atoms with E-state index in [4.69, 9.17) is 5.41 Å². The standard InChI is InChI=1S/C12H12F2N6.C5H7F.C3H8.C2H5N/c1-8-17-12-9(4-11(13)14)10(16-7-20(12)18-8)5-19-3-2-15-6-19;1-3-4-5(2)6;1-3-2;1-2-3/h2-3,6-7,11H,4-5H2,1H3;3-4H,1H2,2H3;3H2,1-2H3;2-3H,1H3/b;5-4+;;. The van der Waals surface area contributed by atoms with Gasteiger partial charge in [0, 0.05) is 24.4 Å². The van der Waals surface area contributed by atoms with Gasteiger partial charge in [0.1, 0.15) is 12.2 Å². The molecule has 0 aliphatic rings. The van der Waals surface area contributed by atoms with Gasteiger partial charge in [0.15, 0.2) is 5.65 Å². The zero-order valence-corrected chi connectivity index (χ0v) is 19.3. The van der Waals surface area contributed by atoms with E-state index in [9.17, 15) is 13.2 Å². The lowest BCUT2D eigenvalue weighted by atomic mass is 10.1. The van der Waals surface area contributed by atoms with Gasteiger partial charge in [0.05, 0.1) is 24.4 Å². The minimum Gasteiger partial charge on any atom is -0.331 e. The monoisotopic (exact) mass is 451 g/mol. The predicted octanol–water partition coefficient (Wildman–Crippen LogP) is 5.60. The van der Waals surface area contributed by atoms with E-state index >= 15 is 0 Å². The van der Waals surface area contributed by atoms with Gasteiger partial charge in [0.25, 0.3) is 0 Å². The molecule has 0 fully saturated rings. The van der Waals surface area contributed by atoms with Gasteiger partial charge in [-0.05, 0) is 33.1 Å². The van der Waals surface area contributed by atoms with Crippen LogP contribution in [0, 0.1) is 12.3 Å². The minimum atomic E-state index is -2.46. The molecule has 1 N–H and O–H groups in total. The first-order valence-electron chi connectivity index (χ1n) is 10.1. The quantitative estimate of drug-likeness (QED) is 0.404. The summed E-state index contributed by atoms with van der Waals surface area (Å²) in [5, 5.41) is 10.2. The fourth-order valence-corrected chi connectivity index (χ4v) is 2.26. The van der Waals surface area contributed by atoms with Gasteiger partial charge in [0.2, 0.25) is 6.43 Å². The fraction of sp³-hybridized carbons (Fsp3) is 0.409. The summed E-state index contributed by atoms with van der Waals surface area (Å²) in [6.45, 7) is 12.7. The molecule has 0 spiro atoms. The smallest absolute Gasteiger partial charge is 0.242 e. The van der Waals surface area contributed by atoms with E-state index in [0.717, 1.165) is 0 Å². The maximum atomic E-state index is 12.8. The van der Waals surface area contributed by atoms with Crippen LogP contribution in [0.15, 0.2) is 49.6 Å². The second kappa shape index (κ2) is 16.4. The highest BCUT2D eigenvalue weighted by molar-refractivity contribution is 5.49. The van der Waals surface area contributed by atoms with Crippen LogP contribution in [0.4, 0.5) is 13.2 Å². The van der Waals surface area contributed by atoms with Crippen molar-refractivity contribution in [2.24, 2.45) is 0 Å². The van der Waals surface area contributed by atoms with Crippen LogP contribution in [0.1, 0.15) is 51.2 Å². The Kier molecular flexibility index (Phi) is 14.7. The lowest BCUT2D eigenvalue weighted by Gasteiger charge is -2.09. The van der Waals surface area contributed by atoms with Crippen molar-refractivity contribution >= 4 is 11.9 Å². The number of rotatable bonds is 5. The molecule has 3 aromatic heterocycles. The number of halogens is 3. The molecule has 0 aromatic carbocycles. The molecule has 0 aliphatic heterocycles. The first-order valence-corrected chi connectivity index (χ1v) is 10.1. The summed E-state index contributed by atoms with van der Waals surface area (Å²) < 4.78 is 40.3. The zero-order chi connectivity index (χ0) is 24.5. The van der Waals surface area contributed by atoms with Crippen molar-refractivity contribution in [2.45, 2.75) is 60.4 Å². The third-order valence-electron chi connectivity index (χ3n) is 3.28. The molecule has 0 radical (unpaired) electrons. The summed E-state index contributed by atoms with van der Waals surface area (Å²) in [7, 11) is 0. The van der Waals surface area contributed by atoms with E-state index in [0.29, 0.717) is 29.3 Å². The fourth-order valence-electron chi connectivity index (χ4n) is 2.26. The van der Waals surface area contributed by atoms with Gasteiger partial charge in [-0.2, -0.15) is 5.10 Å². The van der Waals surface area contributed by atoms with Crippen LogP contribution in [-0.2, 0) is 13.0 Å². The molecule has 0 unspecified atom stereocenters. The highest BCUT2D eigenvalue weighted by Crippen LogP contribution is 2.17. The van der Waals surface area contributed by atoms with Gasteiger partial charge in [-0.15, -0.1) is 0 Å². The van der Waals surface area contributed by atoms with Crippen LogP contribution >= 0.6 is 0 Å². The number of aromatic nitrogens is 6. The summed E-state index contributed by atoms with van der Waals surface area (Å²) in [5.74, 6) is 0.326. The van der Waals surface area contributed by atoms with Crippen LogP contribution in [-0.4, -0.2) is 41.8 Å². The first-order chi connectivity index (χ1) is 15.2. The van der Waals surface area contributed by atoms with E-state index in [-0.39, 0.29) is 12.2 Å². The highest BCUT2D eigenvalue weighted by atomic mass is 19.3. The third-order valence-corrected chi connectivity index (χ3v) is 3.28. The zero-order valence-electron chi connectivity index (χ0n) is 19.3. The van der Waals surface area contributed by atoms with Crippen LogP contribution in [0.3, 0.4) is 0 Å². The van der Waals surface area contributed by atoms with Crippen molar-refractivity contribution in [2.75, 3.05) is 0 Å². The van der Waals surface area contributed by atoms with E-state index in [1.807, 2.05) is 0 Å². The Morgan fingerprint density at radius 3 is 2.34 bits per heavy atom. The molecule has 3 rings (SSSR count). The SMILES string of the molecule is C=C/C=C(\C)F.CC=N.CCC.Cc1nc2c(CC(F)F)c(Cn3ccnc3)ncn2n1. The Morgan fingerprint density at radius 2 is 1.91 bits per heavy atom. The first kappa shape index (κ1) is 28.7. The van der Waals surface area contributed by atoms with Crippen LogP contribution in [0.2, 0.25) is 0 Å². The molecule has 0 saturated carbocycles. The normalized spacial score (nSPS) is 10.3. The number of fused-ring (bicyclic) bond motifs is 1. The molecule has 3 heterocycles. The molecule has 0 bridgehead atoms. The lowest BCUT2D eigenvalue weighted by Crippen LogP contribution is -2.10. The highest BCUT2D eigenvalue weighted by Gasteiger charge is 2.17. The van der Waals surface area contributed by atoms with E-state index in [2.05, 4.69) is 40.5 Å². The molecule has 7 nitrogen and oxygen atoms in total. The molecule has 0 amide bonds. The molecule has 176 valence electrons. The molecule has 0 atom stereocenters. The topological polar surface area (TPSA) is 84.8 Å². The van der Waals surface area contributed by atoms with Crippen molar-refractivity contribution in [3.8, 4) is 0 Å². The van der Waals surface area contributed by atoms with E-state index in [1.165, 1.54) is 42.6 Å². The second-order valence-corrected chi connectivity index (χ2v) is 6.41. The van der Waals surface area contributed by atoms with Gasteiger partial charge in [-0.1, -0.05) is 32.9 Å². The van der Waals surface area contributed by atoms with Crippen molar-refractivity contribution in [3.05, 3.63) is 66.7 Å². The Hall–Kier alpha value is -3.30. The van der Waals surface area contributed by atoms with E-state index in [1.54, 1.807) is 37.1 Å². The number of hydrogen-bond acceptors (Lipinski definition) is 5. The van der Waals surface area contributed by atoms with Crippen LogP contribution in [0.25, 0.3) is 5.65 Å². The summed E-state index contributed by atoms with van der Waals surface area (Å²) >= 11 is 0. The number of aryl methyl sites for hydroxylation is 1. The summed E-state index contributed by atoms with van der Waals surface area (Å²) in [6.07, 6.45) is 8.87. The third kappa shape index (κ3) is 11.2. The van der Waals surface area contributed by atoms with Gasteiger partial charge >= 0.3 is 0 Å². The molecule has 0 aliphatic carbocycles. The Labute approximate surface area is 187 Å². The Balaban J connectivity index is 0.000000671. The maximum absolute atomic E-state index is 12.8. The van der Waals surface area contributed by atoms with Crippen LogP contribution in [0.5, 0.6) is 0 Å². The number of hydrogen-bond donors (Lipinski definition) is 1. The molecule has 0 saturated heterocycles. The molecule has 10 heteroatoms. The van der Waals surface area contributed by atoms with Crippen molar-refractivity contribution in [3.63, 3.8) is 0 Å². The number of nitrogens with one attached hydrogen (secondary N) is 1. The number of alkyl halides is 2. The summed E-state index contributed by atoms with van der Waals surface area (Å²) in [6, 6.07) is 0. The molecular weight excluding hydrogens is 419 g/mol. The van der Waals surface area contributed by atoms with Crippen molar-refractivity contribution < 1.29 is 13.2 Å². The Bertz CT molecular complexity index is 944. The maximum Gasteiger partial charge on any atom is 0.242 e. The number of nitrogens with zero attached hydrogens (tertiary/aromatic N) is 6.